The second-order valence-electron chi connectivity index (χ2n) is 5.08. The Hall–Kier alpha value is -1.74. The number of carbonyl (C=O) groups is 2. The zero-order valence-corrected chi connectivity index (χ0v) is 12.4. The van der Waals surface area contributed by atoms with Crippen molar-refractivity contribution in [2.75, 3.05) is 5.33 Å². The molecule has 2 nitrogen and oxygen atoms in total. The Labute approximate surface area is 125 Å². The van der Waals surface area contributed by atoms with Crippen molar-refractivity contribution in [3.8, 4) is 0 Å². The third-order valence-corrected chi connectivity index (χ3v) is 4.86. The van der Waals surface area contributed by atoms with E-state index in [1.807, 2.05) is 42.5 Å². The molecule has 3 rings (SSSR count). The summed E-state index contributed by atoms with van der Waals surface area (Å²) in [5, 5.41) is 2.56. The molecule has 2 aromatic rings. The maximum absolute atomic E-state index is 12.5. The van der Waals surface area contributed by atoms with E-state index in [1.54, 1.807) is 0 Å². The number of carbonyl (C=O) groups excluding carboxylic acids is 2. The molecule has 0 saturated carbocycles. The Bertz CT molecular complexity index is 727. The molecule has 100 valence electrons. The van der Waals surface area contributed by atoms with Crippen LogP contribution in [0.4, 0.5) is 0 Å². The van der Waals surface area contributed by atoms with E-state index in [2.05, 4.69) is 15.9 Å². The monoisotopic (exact) mass is 328 g/mol. The van der Waals surface area contributed by atoms with E-state index in [0.717, 1.165) is 16.3 Å². The van der Waals surface area contributed by atoms with Crippen LogP contribution in [-0.4, -0.2) is 16.9 Å². The number of hydrogen-bond donors (Lipinski definition) is 0. The summed E-state index contributed by atoms with van der Waals surface area (Å²) in [6, 6.07) is 13.9. The zero-order chi connectivity index (χ0) is 14.2. The molecule has 20 heavy (non-hydrogen) atoms. The summed E-state index contributed by atoms with van der Waals surface area (Å²) in [4.78, 5) is 24.3. The van der Waals surface area contributed by atoms with Gasteiger partial charge in [-0.2, -0.15) is 0 Å². The van der Waals surface area contributed by atoms with Crippen LogP contribution in [0.2, 0.25) is 0 Å². The van der Waals surface area contributed by atoms with Crippen LogP contribution in [0, 0.1) is 0 Å². The molecule has 0 aromatic heterocycles. The molecule has 0 heterocycles. The fraction of sp³-hybridized carbons (Fsp3) is 0.176. The van der Waals surface area contributed by atoms with Gasteiger partial charge in [0.05, 0.1) is 5.41 Å². The number of fused-ring (bicyclic) bond motifs is 1. The highest BCUT2D eigenvalue weighted by molar-refractivity contribution is 9.09. The summed E-state index contributed by atoms with van der Waals surface area (Å²) in [6.45, 7) is 0. The second-order valence-corrected chi connectivity index (χ2v) is 5.64. The summed E-state index contributed by atoms with van der Waals surface area (Å²) in [5.41, 5.74) is 0.141. The first-order valence-electron chi connectivity index (χ1n) is 6.47. The van der Waals surface area contributed by atoms with Crippen LogP contribution in [0.1, 0.15) is 12.0 Å². The lowest BCUT2D eigenvalue weighted by Gasteiger charge is -2.32. The number of rotatable bonds is 2. The van der Waals surface area contributed by atoms with E-state index in [1.165, 1.54) is 12.2 Å². The number of hydrogen-bond acceptors (Lipinski definition) is 2. The van der Waals surface area contributed by atoms with Crippen LogP contribution >= 0.6 is 15.9 Å². The standard InChI is InChI=1S/C17H13BrO2/c18-11-17(10-13(19)8-9-16(17)20)15-7-3-5-12-4-1-2-6-14(12)15/h1-9H,10-11H2. The Morgan fingerprint density at radius 3 is 2.55 bits per heavy atom. The SMILES string of the molecule is O=C1C=CC(=O)C(CBr)(c2cccc3ccccc23)C1. The van der Waals surface area contributed by atoms with Crippen molar-refractivity contribution in [1.82, 2.24) is 0 Å². The van der Waals surface area contributed by atoms with E-state index in [0.29, 0.717) is 5.33 Å². The lowest BCUT2D eigenvalue weighted by atomic mass is 9.70. The van der Waals surface area contributed by atoms with Gasteiger partial charge in [0.2, 0.25) is 0 Å². The maximum atomic E-state index is 12.5. The zero-order valence-electron chi connectivity index (χ0n) is 10.8. The van der Waals surface area contributed by atoms with Gasteiger partial charge in [0.25, 0.3) is 0 Å². The highest BCUT2D eigenvalue weighted by Gasteiger charge is 2.42. The first-order valence-corrected chi connectivity index (χ1v) is 7.59. The number of ketones is 2. The smallest absolute Gasteiger partial charge is 0.167 e. The largest absolute Gasteiger partial charge is 0.295 e. The van der Waals surface area contributed by atoms with Crippen LogP contribution in [0.5, 0.6) is 0 Å². The number of benzene rings is 2. The van der Waals surface area contributed by atoms with Gasteiger partial charge in [0.1, 0.15) is 0 Å². The third-order valence-electron chi connectivity index (χ3n) is 3.90. The molecule has 2 aromatic carbocycles. The van der Waals surface area contributed by atoms with Gasteiger partial charge in [0.15, 0.2) is 11.6 Å². The predicted octanol–water partition coefficient (Wildman–Crippen LogP) is 3.57. The molecule has 0 N–H and O–H groups in total. The van der Waals surface area contributed by atoms with Gasteiger partial charge in [-0.05, 0) is 28.5 Å². The molecule has 0 aliphatic heterocycles. The number of allylic oxidation sites excluding steroid dienone is 2. The van der Waals surface area contributed by atoms with Crippen molar-refractivity contribution in [2.45, 2.75) is 11.8 Å². The highest BCUT2D eigenvalue weighted by Crippen LogP contribution is 2.38. The second kappa shape index (κ2) is 4.98. The molecular weight excluding hydrogens is 316 g/mol. The average molecular weight is 329 g/mol. The van der Waals surface area contributed by atoms with Gasteiger partial charge in [-0.25, -0.2) is 0 Å². The molecule has 0 amide bonds. The summed E-state index contributed by atoms with van der Waals surface area (Å²) in [7, 11) is 0. The lowest BCUT2D eigenvalue weighted by Crippen LogP contribution is -2.41. The van der Waals surface area contributed by atoms with Crippen molar-refractivity contribution in [3.05, 3.63) is 60.2 Å². The van der Waals surface area contributed by atoms with Crippen molar-refractivity contribution < 1.29 is 9.59 Å². The molecule has 1 aliphatic rings. The van der Waals surface area contributed by atoms with E-state index in [-0.39, 0.29) is 18.0 Å². The number of halogens is 1. The third kappa shape index (κ3) is 1.93. The van der Waals surface area contributed by atoms with Gasteiger partial charge < -0.3 is 0 Å². The maximum Gasteiger partial charge on any atom is 0.167 e. The lowest BCUT2D eigenvalue weighted by molar-refractivity contribution is -0.125. The molecular formula is C17H13BrO2. The van der Waals surface area contributed by atoms with Gasteiger partial charge in [-0.1, -0.05) is 58.4 Å². The van der Waals surface area contributed by atoms with Crippen molar-refractivity contribution in [2.24, 2.45) is 0 Å². The molecule has 1 unspecified atom stereocenters. The van der Waals surface area contributed by atoms with Gasteiger partial charge in [-0.3, -0.25) is 9.59 Å². The predicted molar refractivity (Wildman–Crippen MR) is 83.2 cm³/mol. The van der Waals surface area contributed by atoms with Crippen molar-refractivity contribution in [3.63, 3.8) is 0 Å². The number of alkyl halides is 1. The minimum absolute atomic E-state index is 0.00279. The van der Waals surface area contributed by atoms with E-state index < -0.39 is 5.41 Å². The van der Waals surface area contributed by atoms with E-state index in [9.17, 15) is 9.59 Å². The van der Waals surface area contributed by atoms with Crippen LogP contribution in [0.25, 0.3) is 10.8 Å². The molecule has 1 aliphatic carbocycles. The minimum atomic E-state index is -0.785. The fourth-order valence-electron chi connectivity index (χ4n) is 2.83. The summed E-state index contributed by atoms with van der Waals surface area (Å²) in [6.07, 6.45) is 3.02. The van der Waals surface area contributed by atoms with Crippen LogP contribution in [0.15, 0.2) is 54.6 Å². The first kappa shape index (κ1) is 13.3. The summed E-state index contributed by atoms with van der Waals surface area (Å²) < 4.78 is 0. The topological polar surface area (TPSA) is 34.1 Å². The van der Waals surface area contributed by atoms with Crippen LogP contribution < -0.4 is 0 Å². The molecule has 3 heteroatoms. The van der Waals surface area contributed by atoms with Crippen LogP contribution in [-0.2, 0) is 15.0 Å². The van der Waals surface area contributed by atoms with Gasteiger partial charge in [0, 0.05) is 11.8 Å². The molecule has 0 spiro atoms. The van der Waals surface area contributed by atoms with E-state index in [4.69, 9.17) is 0 Å². The summed E-state index contributed by atoms with van der Waals surface area (Å²) in [5.74, 6) is -0.0117. The Balaban J connectivity index is 2.29. The molecule has 0 bridgehead atoms. The Kier molecular flexibility index (Phi) is 3.30. The fourth-order valence-corrected chi connectivity index (χ4v) is 3.60. The normalized spacial score (nSPS) is 22.4. The highest BCUT2D eigenvalue weighted by atomic mass is 79.9. The minimum Gasteiger partial charge on any atom is -0.295 e. The Morgan fingerprint density at radius 2 is 1.75 bits per heavy atom. The molecule has 0 fully saturated rings. The van der Waals surface area contributed by atoms with Gasteiger partial charge >= 0.3 is 0 Å². The van der Waals surface area contributed by atoms with Crippen molar-refractivity contribution >= 4 is 38.3 Å². The average Bonchev–Trinajstić information content (AvgIpc) is 2.49. The molecule has 0 saturated heterocycles. The van der Waals surface area contributed by atoms with Crippen molar-refractivity contribution in [1.29, 1.82) is 0 Å². The van der Waals surface area contributed by atoms with E-state index >= 15 is 0 Å². The molecule has 1 atom stereocenters. The quantitative estimate of drug-likeness (QED) is 0.790. The summed E-state index contributed by atoms with van der Waals surface area (Å²) >= 11 is 3.45. The molecule has 0 radical (unpaired) electrons. The Morgan fingerprint density at radius 1 is 1.00 bits per heavy atom. The first-order chi connectivity index (χ1) is 9.67. The van der Waals surface area contributed by atoms with Crippen LogP contribution in [0.3, 0.4) is 0 Å². The van der Waals surface area contributed by atoms with Gasteiger partial charge in [-0.15, -0.1) is 0 Å².